The Morgan fingerprint density at radius 2 is 2.00 bits per heavy atom. The van der Waals surface area contributed by atoms with Crippen LogP contribution in [0, 0.1) is 5.92 Å². The van der Waals surface area contributed by atoms with Gasteiger partial charge in [0.2, 0.25) is 0 Å². The Kier molecular flexibility index (Phi) is 4.92. The molecular weight excluding hydrogens is 272 g/mol. The monoisotopic (exact) mass is 302 g/mol. The molecule has 0 saturated carbocycles. The number of hydrogen-bond donors (Lipinski definition) is 2. The van der Waals surface area contributed by atoms with Crippen LogP contribution in [0.2, 0.25) is 0 Å². The zero-order valence-corrected chi connectivity index (χ0v) is 14.0. The maximum Gasteiger partial charge on any atom is 0.0886 e. The van der Waals surface area contributed by atoms with Crippen molar-refractivity contribution in [3.8, 4) is 0 Å². The Morgan fingerprint density at radius 3 is 2.68 bits per heavy atom. The summed E-state index contributed by atoms with van der Waals surface area (Å²) in [4.78, 5) is 2.46. The lowest BCUT2D eigenvalue weighted by Crippen LogP contribution is -2.49. The van der Waals surface area contributed by atoms with Crippen LogP contribution in [0.25, 0.3) is 0 Å². The van der Waals surface area contributed by atoms with Gasteiger partial charge in [0.25, 0.3) is 0 Å². The van der Waals surface area contributed by atoms with Crippen LogP contribution in [0.1, 0.15) is 52.4 Å². The molecule has 22 heavy (non-hydrogen) atoms. The molecule has 1 unspecified atom stereocenters. The quantitative estimate of drug-likeness (QED) is 0.826. The highest BCUT2D eigenvalue weighted by Crippen LogP contribution is 2.35. The number of hydrogen-bond acceptors (Lipinski definition) is 3. The second-order valence-electron chi connectivity index (χ2n) is 6.87. The fraction of sp³-hybridized carbons (Fsp3) is 0.684. The van der Waals surface area contributed by atoms with Gasteiger partial charge in [-0.1, -0.05) is 11.6 Å². The van der Waals surface area contributed by atoms with Gasteiger partial charge < -0.3 is 15.3 Å². The highest BCUT2D eigenvalue weighted by atomic mass is 16.3. The van der Waals surface area contributed by atoms with Gasteiger partial charge in [0, 0.05) is 37.3 Å². The van der Waals surface area contributed by atoms with Crippen molar-refractivity contribution in [2.45, 2.75) is 64.5 Å². The first kappa shape index (κ1) is 15.7. The summed E-state index contributed by atoms with van der Waals surface area (Å²) in [5, 5.41) is 13.6. The molecule has 0 aromatic heterocycles. The molecule has 0 spiro atoms. The minimum Gasteiger partial charge on any atom is -0.513 e. The highest BCUT2D eigenvalue weighted by molar-refractivity contribution is 5.28. The van der Waals surface area contributed by atoms with Crippen molar-refractivity contribution >= 4 is 0 Å². The third-order valence-electron chi connectivity index (χ3n) is 5.67. The van der Waals surface area contributed by atoms with E-state index in [0.29, 0.717) is 23.8 Å². The topological polar surface area (TPSA) is 35.5 Å². The molecule has 0 bridgehead atoms. The maximum atomic E-state index is 9.70. The van der Waals surface area contributed by atoms with Crippen LogP contribution in [-0.4, -0.2) is 35.2 Å². The van der Waals surface area contributed by atoms with Crippen LogP contribution < -0.4 is 5.32 Å². The zero-order chi connectivity index (χ0) is 15.5. The molecule has 3 heteroatoms. The smallest absolute Gasteiger partial charge is 0.0886 e. The fourth-order valence-electron chi connectivity index (χ4n) is 4.30. The molecule has 0 radical (unpaired) electrons. The van der Waals surface area contributed by atoms with E-state index < -0.39 is 0 Å². The normalized spacial score (nSPS) is 31.7. The van der Waals surface area contributed by atoms with Crippen LogP contribution >= 0.6 is 0 Å². The minimum absolute atomic E-state index is 0.546. The SMILES string of the molecule is CCN(CC)C1=CC=C(C2CC[C@@H]3CC(O)=CC[C@@H]3N2)CC1. The first-order chi connectivity index (χ1) is 10.7. The largest absolute Gasteiger partial charge is 0.513 e. The summed E-state index contributed by atoms with van der Waals surface area (Å²) in [5.74, 6) is 1.23. The summed E-state index contributed by atoms with van der Waals surface area (Å²) >= 11 is 0. The average Bonchev–Trinajstić information content (AvgIpc) is 2.56. The number of aliphatic hydroxyl groups is 1. The van der Waals surface area contributed by atoms with E-state index in [1.54, 1.807) is 5.57 Å². The summed E-state index contributed by atoms with van der Waals surface area (Å²) in [6.07, 6.45) is 13.4. The Labute approximate surface area is 134 Å². The van der Waals surface area contributed by atoms with Gasteiger partial charge in [0.15, 0.2) is 0 Å². The van der Waals surface area contributed by atoms with E-state index >= 15 is 0 Å². The van der Waals surface area contributed by atoms with E-state index in [4.69, 9.17) is 0 Å². The number of piperidine rings is 1. The van der Waals surface area contributed by atoms with Gasteiger partial charge in [0.1, 0.15) is 0 Å². The number of nitrogens with one attached hydrogen (secondary N) is 1. The van der Waals surface area contributed by atoms with E-state index in [2.05, 4.69) is 36.2 Å². The molecule has 122 valence electrons. The second kappa shape index (κ2) is 6.91. The van der Waals surface area contributed by atoms with E-state index in [1.807, 2.05) is 6.08 Å². The van der Waals surface area contributed by atoms with Gasteiger partial charge in [0.05, 0.1) is 5.76 Å². The Hall–Kier alpha value is -1.22. The molecule has 1 fully saturated rings. The summed E-state index contributed by atoms with van der Waals surface area (Å²) in [6, 6.07) is 1.10. The van der Waals surface area contributed by atoms with Crippen LogP contribution in [0.15, 0.2) is 35.3 Å². The van der Waals surface area contributed by atoms with Crippen molar-refractivity contribution in [1.29, 1.82) is 0 Å². The van der Waals surface area contributed by atoms with E-state index in [1.165, 1.54) is 31.4 Å². The third-order valence-corrected chi connectivity index (χ3v) is 5.67. The maximum absolute atomic E-state index is 9.70. The molecule has 3 nitrogen and oxygen atoms in total. The van der Waals surface area contributed by atoms with Crippen molar-refractivity contribution in [3.63, 3.8) is 0 Å². The molecule has 0 amide bonds. The number of aliphatic hydroxyl groups excluding tert-OH is 1. The first-order valence-electron chi connectivity index (χ1n) is 8.99. The zero-order valence-electron chi connectivity index (χ0n) is 14.0. The fourth-order valence-corrected chi connectivity index (χ4v) is 4.30. The minimum atomic E-state index is 0.546. The molecule has 1 heterocycles. The molecule has 3 aliphatic rings. The lowest BCUT2D eigenvalue weighted by atomic mass is 9.78. The first-order valence-corrected chi connectivity index (χ1v) is 8.99. The van der Waals surface area contributed by atoms with Crippen molar-refractivity contribution in [2.24, 2.45) is 5.92 Å². The van der Waals surface area contributed by atoms with E-state index in [9.17, 15) is 5.11 Å². The van der Waals surface area contributed by atoms with Gasteiger partial charge in [-0.3, -0.25) is 0 Å². The molecule has 1 aliphatic heterocycles. The Bertz CT molecular complexity index is 488. The molecule has 0 aromatic rings. The third kappa shape index (κ3) is 3.24. The van der Waals surface area contributed by atoms with Crippen LogP contribution in [0.5, 0.6) is 0 Å². The highest BCUT2D eigenvalue weighted by Gasteiger charge is 2.33. The van der Waals surface area contributed by atoms with Gasteiger partial charge in [-0.15, -0.1) is 0 Å². The molecule has 2 N–H and O–H groups in total. The number of rotatable bonds is 4. The van der Waals surface area contributed by atoms with Crippen molar-refractivity contribution in [1.82, 2.24) is 10.2 Å². The molecule has 3 atom stereocenters. The van der Waals surface area contributed by atoms with Crippen LogP contribution in [0.3, 0.4) is 0 Å². The number of fused-ring (bicyclic) bond motifs is 1. The van der Waals surface area contributed by atoms with Gasteiger partial charge in [-0.25, -0.2) is 0 Å². The lowest BCUT2D eigenvalue weighted by Gasteiger charge is -2.41. The van der Waals surface area contributed by atoms with Gasteiger partial charge in [-0.2, -0.15) is 0 Å². The Morgan fingerprint density at radius 1 is 1.18 bits per heavy atom. The lowest BCUT2D eigenvalue weighted by molar-refractivity contribution is 0.203. The summed E-state index contributed by atoms with van der Waals surface area (Å²) in [7, 11) is 0. The standard InChI is InChI=1S/C19H30N2O/c1-3-21(4-2)16-8-5-14(6-9-16)18-11-7-15-13-17(22)10-12-19(15)20-18/h5,8,10,15,18-20,22H,3-4,6-7,9,11-13H2,1-2H3/t15-,18?,19+/m1/s1. The van der Waals surface area contributed by atoms with Crippen LogP contribution in [-0.2, 0) is 0 Å². The average molecular weight is 302 g/mol. The second-order valence-corrected chi connectivity index (χ2v) is 6.87. The molecule has 2 aliphatic carbocycles. The Balaban J connectivity index is 1.64. The number of allylic oxidation sites excluding steroid dienone is 4. The molecule has 1 saturated heterocycles. The van der Waals surface area contributed by atoms with Crippen molar-refractivity contribution in [3.05, 3.63) is 35.3 Å². The van der Waals surface area contributed by atoms with E-state index in [0.717, 1.165) is 25.9 Å². The molecular formula is C19H30N2O. The van der Waals surface area contributed by atoms with Gasteiger partial charge in [-0.05, 0) is 64.0 Å². The molecule has 0 aromatic carbocycles. The van der Waals surface area contributed by atoms with E-state index in [-0.39, 0.29) is 0 Å². The summed E-state index contributed by atoms with van der Waals surface area (Å²) in [6.45, 7) is 6.68. The summed E-state index contributed by atoms with van der Waals surface area (Å²) < 4.78 is 0. The summed E-state index contributed by atoms with van der Waals surface area (Å²) in [5.41, 5.74) is 3.07. The predicted molar refractivity (Wildman–Crippen MR) is 91.7 cm³/mol. The van der Waals surface area contributed by atoms with Crippen molar-refractivity contribution in [2.75, 3.05) is 13.1 Å². The van der Waals surface area contributed by atoms with Gasteiger partial charge >= 0.3 is 0 Å². The number of nitrogens with zero attached hydrogens (tertiary/aromatic N) is 1. The molecule has 3 rings (SSSR count). The predicted octanol–water partition coefficient (Wildman–Crippen LogP) is 3.90. The van der Waals surface area contributed by atoms with Crippen molar-refractivity contribution < 1.29 is 5.11 Å². The van der Waals surface area contributed by atoms with Crippen LogP contribution in [0.4, 0.5) is 0 Å².